The molecule has 0 bridgehead atoms. The van der Waals surface area contributed by atoms with E-state index < -0.39 is 11.9 Å². The van der Waals surface area contributed by atoms with E-state index in [9.17, 15) is 9.50 Å². The van der Waals surface area contributed by atoms with Crippen molar-refractivity contribution in [2.24, 2.45) is 0 Å². The molecule has 2 rings (SSSR count). The molecule has 0 aliphatic heterocycles. The van der Waals surface area contributed by atoms with Gasteiger partial charge in [0.15, 0.2) is 0 Å². The molecule has 0 aliphatic rings. The first-order chi connectivity index (χ1) is 8.63. The Bertz CT molecular complexity index is 548. The Morgan fingerprint density at radius 2 is 2.06 bits per heavy atom. The summed E-state index contributed by atoms with van der Waals surface area (Å²) in [5.41, 5.74) is 0.400. The molecular weight excluding hydrogens is 303 g/mol. The van der Waals surface area contributed by atoms with Crippen LogP contribution in [0.5, 0.6) is 5.88 Å². The number of rotatable bonds is 3. The van der Waals surface area contributed by atoms with Crippen molar-refractivity contribution in [2.75, 3.05) is 7.11 Å². The van der Waals surface area contributed by atoms with E-state index in [0.717, 1.165) is 0 Å². The molecule has 1 aromatic carbocycles. The van der Waals surface area contributed by atoms with E-state index in [1.54, 1.807) is 18.2 Å². The van der Waals surface area contributed by atoms with Crippen LogP contribution in [-0.4, -0.2) is 22.4 Å². The number of aliphatic hydroxyl groups excluding tert-OH is 1. The number of hydrogen-bond acceptors (Lipinski definition) is 4. The van der Waals surface area contributed by atoms with Crippen LogP contribution in [0.1, 0.15) is 17.4 Å². The van der Waals surface area contributed by atoms with Crippen LogP contribution >= 0.6 is 15.9 Å². The summed E-state index contributed by atoms with van der Waals surface area (Å²) in [5, 5.41) is 17.6. The molecule has 0 amide bonds. The number of ether oxygens (including phenoxy) is 1. The molecule has 94 valence electrons. The van der Waals surface area contributed by atoms with Crippen LogP contribution in [-0.2, 0) is 0 Å². The topological polar surface area (TPSA) is 55.2 Å². The van der Waals surface area contributed by atoms with Gasteiger partial charge in [-0.05, 0) is 28.1 Å². The van der Waals surface area contributed by atoms with Crippen LogP contribution in [0.25, 0.3) is 0 Å². The summed E-state index contributed by atoms with van der Waals surface area (Å²) >= 11 is 3.07. The quantitative estimate of drug-likeness (QED) is 0.946. The number of nitrogens with zero attached hydrogens (tertiary/aromatic N) is 2. The molecule has 1 aromatic heterocycles. The minimum atomic E-state index is -1.17. The van der Waals surface area contributed by atoms with Gasteiger partial charge in [-0.15, -0.1) is 10.2 Å². The van der Waals surface area contributed by atoms with E-state index >= 15 is 0 Å². The minimum absolute atomic E-state index is 0.142. The second-order valence-electron chi connectivity index (χ2n) is 3.55. The zero-order valence-electron chi connectivity index (χ0n) is 9.47. The molecule has 0 spiro atoms. The molecule has 0 fully saturated rings. The standard InChI is InChI=1S/C12H10BrFN2O2/c1-18-10-6-5-9(15-16-10)12(17)7-3-2-4-8(13)11(7)14/h2-6,12,17H,1H3. The maximum atomic E-state index is 13.8. The first kappa shape index (κ1) is 12.9. The molecule has 1 unspecified atom stereocenters. The third kappa shape index (κ3) is 2.49. The lowest BCUT2D eigenvalue weighted by atomic mass is 10.1. The number of benzene rings is 1. The van der Waals surface area contributed by atoms with Crippen LogP contribution in [0, 0.1) is 5.82 Å². The smallest absolute Gasteiger partial charge is 0.233 e. The van der Waals surface area contributed by atoms with Gasteiger partial charge in [-0.1, -0.05) is 12.1 Å². The van der Waals surface area contributed by atoms with Crippen LogP contribution in [0.2, 0.25) is 0 Å². The van der Waals surface area contributed by atoms with Gasteiger partial charge in [0.25, 0.3) is 0 Å². The van der Waals surface area contributed by atoms with Crippen molar-refractivity contribution in [1.29, 1.82) is 0 Å². The first-order valence-electron chi connectivity index (χ1n) is 5.13. The highest BCUT2D eigenvalue weighted by molar-refractivity contribution is 9.10. The molecule has 2 aromatic rings. The molecule has 4 nitrogen and oxygen atoms in total. The van der Waals surface area contributed by atoms with Crippen molar-refractivity contribution in [3.05, 3.63) is 51.9 Å². The molecule has 0 saturated heterocycles. The zero-order valence-corrected chi connectivity index (χ0v) is 11.1. The predicted molar refractivity (Wildman–Crippen MR) is 66.7 cm³/mol. The fraction of sp³-hybridized carbons (Fsp3) is 0.167. The largest absolute Gasteiger partial charge is 0.480 e. The average molecular weight is 313 g/mol. The molecular formula is C12H10BrFN2O2. The Morgan fingerprint density at radius 3 is 2.67 bits per heavy atom. The Kier molecular flexibility index (Phi) is 3.88. The van der Waals surface area contributed by atoms with Gasteiger partial charge in [0.1, 0.15) is 11.9 Å². The predicted octanol–water partition coefficient (Wildman–Crippen LogP) is 2.47. The van der Waals surface area contributed by atoms with Crippen molar-refractivity contribution >= 4 is 15.9 Å². The van der Waals surface area contributed by atoms with Crippen LogP contribution in [0.3, 0.4) is 0 Å². The summed E-state index contributed by atoms with van der Waals surface area (Å²) < 4.78 is 19.0. The monoisotopic (exact) mass is 312 g/mol. The van der Waals surface area contributed by atoms with Gasteiger partial charge in [-0.3, -0.25) is 0 Å². The highest BCUT2D eigenvalue weighted by Gasteiger charge is 2.18. The first-order valence-corrected chi connectivity index (χ1v) is 5.92. The van der Waals surface area contributed by atoms with Crippen molar-refractivity contribution in [2.45, 2.75) is 6.10 Å². The molecule has 0 radical (unpaired) electrons. The lowest BCUT2D eigenvalue weighted by Gasteiger charge is -2.11. The number of aromatic nitrogens is 2. The van der Waals surface area contributed by atoms with E-state index in [1.165, 1.54) is 19.2 Å². The SMILES string of the molecule is COc1ccc(C(O)c2cccc(Br)c2F)nn1. The van der Waals surface area contributed by atoms with Crippen molar-refractivity contribution in [3.8, 4) is 5.88 Å². The molecule has 6 heteroatoms. The van der Waals surface area contributed by atoms with E-state index in [1.807, 2.05) is 0 Å². The molecule has 18 heavy (non-hydrogen) atoms. The van der Waals surface area contributed by atoms with Gasteiger partial charge in [-0.25, -0.2) is 4.39 Å². The maximum Gasteiger partial charge on any atom is 0.233 e. The van der Waals surface area contributed by atoms with Gasteiger partial charge in [0.05, 0.1) is 17.3 Å². The van der Waals surface area contributed by atoms with Gasteiger partial charge >= 0.3 is 0 Å². The second kappa shape index (κ2) is 5.41. The number of hydrogen-bond donors (Lipinski definition) is 1. The number of halogens is 2. The summed E-state index contributed by atoms with van der Waals surface area (Å²) in [6.45, 7) is 0. The Balaban J connectivity index is 2.35. The summed E-state index contributed by atoms with van der Waals surface area (Å²) in [6, 6.07) is 7.79. The highest BCUT2D eigenvalue weighted by Crippen LogP contribution is 2.27. The Labute approximate surface area is 112 Å². The van der Waals surface area contributed by atoms with Crippen molar-refractivity contribution < 1.29 is 14.2 Å². The average Bonchev–Trinajstić information content (AvgIpc) is 2.41. The summed E-state index contributed by atoms with van der Waals surface area (Å²) in [5.74, 6) is -0.178. The van der Waals surface area contributed by atoms with Crippen molar-refractivity contribution in [1.82, 2.24) is 10.2 Å². The lowest BCUT2D eigenvalue weighted by molar-refractivity contribution is 0.208. The molecule has 1 heterocycles. The summed E-state index contributed by atoms with van der Waals surface area (Å²) in [7, 11) is 1.47. The number of aliphatic hydroxyl groups is 1. The molecule has 0 saturated carbocycles. The highest BCUT2D eigenvalue weighted by atomic mass is 79.9. The Morgan fingerprint density at radius 1 is 1.28 bits per heavy atom. The maximum absolute atomic E-state index is 13.8. The van der Waals surface area contributed by atoms with Crippen molar-refractivity contribution in [3.63, 3.8) is 0 Å². The second-order valence-corrected chi connectivity index (χ2v) is 4.40. The molecule has 1 atom stereocenters. The van der Waals surface area contributed by atoms with E-state index in [0.29, 0.717) is 10.4 Å². The summed E-state index contributed by atoms with van der Waals surface area (Å²) in [4.78, 5) is 0. The zero-order chi connectivity index (χ0) is 13.1. The van der Waals surface area contributed by atoms with E-state index in [4.69, 9.17) is 4.74 Å². The fourth-order valence-electron chi connectivity index (χ4n) is 1.48. The van der Waals surface area contributed by atoms with Gasteiger partial charge in [0.2, 0.25) is 5.88 Å². The number of methoxy groups -OCH3 is 1. The lowest BCUT2D eigenvalue weighted by Crippen LogP contribution is -2.06. The van der Waals surface area contributed by atoms with Gasteiger partial charge in [0, 0.05) is 11.6 Å². The summed E-state index contributed by atoms with van der Waals surface area (Å²) in [6.07, 6.45) is -1.17. The van der Waals surface area contributed by atoms with Crippen LogP contribution < -0.4 is 4.74 Å². The molecule has 0 aliphatic carbocycles. The van der Waals surface area contributed by atoms with Crippen LogP contribution in [0.4, 0.5) is 4.39 Å². The third-order valence-electron chi connectivity index (χ3n) is 2.43. The van der Waals surface area contributed by atoms with E-state index in [-0.39, 0.29) is 11.3 Å². The third-order valence-corrected chi connectivity index (χ3v) is 3.04. The minimum Gasteiger partial charge on any atom is -0.480 e. The Hall–Kier alpha value is -1.53. The fourth-order valence-corrected chi connectivity index (χ4v) is 1.86. The normalized spacial score (nSPS) is 12.2. The van der Waals surface area contributed by atoms with Crippen LogP contribution in [0.15, 0.2) is 34.8 Å². The van der Waals surface area contributed by atoms with E-state index in [2.05, 4.69) is 26.1 Å². The van der Waals surface area contributed by atoms with Gasteiger partial charge in [-0.2, -0.15) is 0 Å². The molecule has 1 N–H and O–H groups in total. The van der Waals surface area contributed by atoms with Gasteiger partial charge < -0.3 is 9.84 Å².